The molecular weight excluding hydrogens is 444 g/mol. The first kappa shape index (κ1) is 24.8. The predicted octanol–water partition coefficient (Wildman–Crippen LogP) is 4.56. The Kier molecular flexibility index (Phi) is 7.43. The molecule has 2 aromatic rings. The maximum absolute atomic E-state index is 12.8. The first-order valence-corrected chi connectivity index (χ1v) is 12.4. The lowest BCUT2D eigenvalue weighted by molar-refractivity contribution is -0.148. The zero-order valence-corrected chi connectivity index (χ0v) is 20.4. The molecule has 0 radical (unpaired) electrons. The summed E-state index contributed by atoms with van der Waals surface area (Å²) in [5.41, 5.74) is 3.70. The summed E-state index contributed by atoms with van der Waals surface area (Å²) in [5.74, 6) is -1.28. The van der Waals surface area contributed by atoms with Gasteiger partial charge < -0.3 is 20.5 Å². The van der Waals surface area contributed by atoms with Gasteiger partial charge in [-0.05, 0) is 54.4 Å². The molecule has 186 valence electrons. The van der Waals surface area contributed by atoms with Crippen molar-refractivity contribution in [2.75, 3.05) is 19.7 Å². The van der Waals surface area contributed by atoms with Crippen LogP contribution in [0, 0.1) is 17.3 Å². The fraction of sp³-hybridized carbons (Fsp3) is 0.464. The lowest BCUT2D eigenvalue weighted by Gasteiger charge is -2.25. The number of hydrogen-bond donors (Lipinski definition) is 3. The van der Waals surface area contributed by atoms with E-state index < -0.39 is 17.5 Å². The summed E-state index contributed by atoms with van der Waals surface area (Å²) in [5, 5.41) is 15.1. The molecule has 4 rings (SSSR count). The molecule has 3 N–H and O–H groups in total. The van der Waals surface area contributed by atoms with E-state index in [0.717, 1.165) is 30.4 Å². The number of ether oxygens (including phenoxy) is 1. The van der Waals surface area contributed by atoms with Gasteiger partial charge in [0.15, 0.2) is 0 Å². The normalized spacial score (nSPS) is 20.4. The summed E-state index contributed by atoms with van der Waals surface area (Å²) in [4.78, 5) is 36.8. The Morgan fingerprint density at radius 2 is 1.63 bits per heavy atom. The van der Waals surface area contributed by atoms with E-state index >= 15 is 0 Å². The third-order valence-electron chi connectivity index (χ3n) is 7.80. The second-order valence-electron chi connectivity index (χ2n) is 9.94. The van der Waals surface area contributed by atoms with Crippen molar-refractivity contribution in [3.05, 3.63) is 59.7 Å². The minimum atomic E-state index is -0.983. The molecule has 1 fully saturated rings. The van der Waals surface area contributed by atoms with Gasteiger partial charge in [-0.25, -0.2) is 4.79 Å². The van der Waals surface area contributed by atoms with Gasteiger partial charge in [0.05, 0.1) is 5.41 Å². The number of fused-ring (bicyclic) bond motifs is 3. The molecule has 3 atom stereocenters. The summed E-state index contributed by atoms with van der Waals surface area (Å²) >= 11 is 0. The number of hydrogen-bond acceptors (Lipinski definition) is 4. The van der Waals surface area contributed by atoms with Crippen molar-refractivity contribution in [2.45, 2.75) is 45.4 Å². The number of carboxylic acid groups (broad SMARTS) is 1. The molecule has 7 heteroatoms. The number of rotatable bonds is 9. The van der Waals surface area contributed by atoms with Crippen molar-refractivity contribution < 1.29 is 24.2 Å². The van der Waals surface area contributed by atoms with E-state index in [1.54, 1.807) is 13.8 Å². The monoisotopic (exact) mass is 478 g/mol. The maximum Gasteiger partial charge on any atom is 0.407 e. The van der Waals surface area contributed by atoms with Gasteiger partial charge in [0.2, 0.25) is 5.91 Å². The molecule has 35 heavy (non-hydrogen) atoms. The van der Waals surface area contributed by atoms with Crippen LogP contribution in [0.1, 0.15) is 56.6 Å². The molecule has 2 aliphatic carbocycles. The Bertz CT molecular complexity index is 1050. The average molecular weight is 479 g/mol. The van der Waals surface area contributed by atoms with Crippen LogP contribution in [0.15, 0.2) is 48.5 Å². The van der Waals surface area contributed by atoms with Crippen LogP contribution in [0.25, 0.3) is 11.1 Å². The standard InChI is InChI=1S/C28H34N2O5/c1-3-28(2,26(32)33)17-30-25(31)19-14-8-9-18(19)15-29-27(34)35-16-24-22-12-6-4-10-20(22)21-11-5-7-13-23(21)24/h4-7,10-13,18-19,24H,3,8-9,14-17H2,1-2H3,(H,29,34)(H,30,31)(H,32,33)/t18-,19-,28?/m0/s1. The average Bonchev–Trinajstić information content (AvgIpc) is 3.47. The van der Waals surface area contributed by atoms with E-state index in [0.29, 0.717) is 13.0 Å². The first-order valence-electron chi connectivity index (χ1n) is 12.4. The van der Waals surface area contributed by atoms with Crippen LogP contribution in [0.3, 0.4) is 0 Å². The van der Waals surface area contributed by atoms with Crippen LogP contribution in [-0.2, 0) is 14.3 Å². The molecule has 0 aliphatic heterocycles. The number of carboxylic acids is 1. The van der Waals surface area contributed by atoms with Gasteiger partial charge >= 0.3 is 12.1 Å². The zero-order valence-electron chi connectivity index (χ0n) is 20.4. The van der Waals surface area contributed by atoms with Gasteiger partial charge in [0.1, 0.15) is 6.61 Å². The summed E-state index contributed by atoms with van der Waals surface area (Å²) < 4.78 is 5.61. The molecule has 1 unspecified atom stereocenters. The molecule has 0 aromatic heterocycles. The molecule has 0 spiro atoms. The molecule has 0 bridgehead atoms. The Hall–Kier alpha value is -3.35. The lowest BCUT2D eigenvalue weighted by atomic mass is 9.87. The molecule has 1 saturated carbocycles. The molecule has 2 aliphatic rings. The van der Waals surface area contributed by atoms with E-state index in [4.69, 9.17) is 4.74 Å². The fourth-order valence-electron chi connectivity index (χ4n) is 5.26. The van der Waals surface area contributed by atoms with E-state index in [1.807, 2.05) is 24.3 Å². The minimum absolute atomic E-state index is 0.000248. The third kappa shape index (κ3) is 5.19. The number of amides is 2. The van der Waals surface area contributed by atoms with Gasteiger partial charge in [-0.3, -0.25) is 9.59 Å². The van der Waals surface area contributed by atoms with Crippen molar-refractivity contribution in [3.8, 4) is 11.1 Å². The Morgan fingerprint density at radius 3 is 2.23 bits per heavy atom. The Labute approximate surface area is 206 Å². The second kappa shape index (κ2) is 10.5. The van der Waals surface area contributed by atoms with Gasteiger partial charge in [-0.2, -0.15) is 0 Å². The van der Waals surface area contributed by atoms with Crippen LogP contribution in [0.4, 0.5) is 4.79 Å². The highest BCUT2D eigenvalue weighted by molar-refractivity contribution is 5.81. The van der Waals surface area contributed by atoms with E-state index in [2.05, 4.69) is 34.9 Å². The number of aliphatic carboxylic acids is 1. The smallest absolute Gasteiger partial charge is 0.407 e. The summed E-state index contributed by atoms with van der Waals surface area (Å²) in [6, 6.07) is 16.4. The van der Waals surface area contributed by atoms with E-state index in [-0.39, 0.29) is 36.8 Å². The highest BCUT2D eigenvalue weighted by Crippen LogP contribution is 2.44. The SMILES string of the molecule is CCC(C)(CNC(=O)[C@H]1CCC[C@H]1CNC(=O)OCC1c2ccccc2-c2ccccc21)C(=O)O. The van der Waals surface area contributed by atoms with Crippen LogP contribution in [0.5, 0.6) is 0 Å². The van der Waals surface area contributed by atoms with Crippen molar-refractivity contribution in [2.24, 2.45) is 17.3 Å². The maximum atomic E-state index is 12.8. The van der Waals surface area contributed by atoms with Gasteiger partial charge in [0, 0.05) is 24.9 Å². The quantitative estimate of drug-likeness (QED) is 0.490. The molecule has 0 heterocycles. The van der Waals surface area contributed by atoms with Crippen LogP contribution in [-0.4, -0.2) is 42.8 Å². The number of carbonyl (C=O) groups is 3. The predicted molar refractivity (Wildman–Crippen MR) is 133 cm³/mol. The van der Waals surface area contributed by atoms with Crippen molar-refractivity contribution in [1.82, 2.24) is 10.6 Å². The Morgan fingerprint density at radius 1 is 1.00 bits per heavy atom. The summed E-state index contributed by atoms with van der Waals surface area (Å²) in [6.45, 7) is 4.15. The minimum Gasteiger partial charge on any atom is -0.481 e. The highest BCUT2D eigenvalue weighted by atomic mass is 16.5. The fourth-order valence-corrected chi connectivity index (χ4v) is 5.26. The zero-order chi connectivity index (χ0) is 25.0. The van der Waals surface area contributed by atoms with Crippen LogP contribution < -0.4 is 10.6 Å². The second-order valence-corrected chi connectivity index (χ2v) is 9.94. The molecule has 0 saturated heterocycles. The lowest BCUT2D eigenvalue weighted by Crippen LogP contribution is -2.44. The largest absolute Gasteiger partial charge is 0.481 e. The number of benzene rings is 2. The van der Waals surface area contributed by atoms with Gasteiger partial charge in [-0.1, -0.05) is 61.9 Å². The molecule has 7 nitrogen and oxygen atoms in total. The van der Waals surface area contributed by atoms with Crippen LogP contribution >= 0.6 is 0 Å². The molecule has 2 aromatic carbocycles. The topological polar surface area (TPSA) is 105 Å². The van der Waals surface area contributed by atoms with Gasteiger partial charge in [-0.15, -0.1) is 0 Å². The van der Waals surface area contributed by atoms with Crippen LogP contribution in [0.2, 0.25) is 0 Å². The highest BCUT2D eigenvalue weighted by Gasteiger charge is 2.36. The van der Waals surface area contributed by atoms with E-state index in [1.165, 1.54) is 11.1 Å². The molecule has 2 amide bonds. The molecular formula is C28H34N2O5. The summed E-state index contributed by atoms with van der Waals surface area (Å²) in [6.07, 6.45) is 2.42. The van der Waals surface area contributed by atoms with Crippen molar-refractivity contribution in [3.63, 3.8) is 0 Å². The number of nitrogens with one attached hydrogen (secondary N) is 2. The number of carbonyl (C=O) groups excluding carboxylic acids is 2. The van der Waals surface area contributed by atoms with Crippen molar-refractivity contribution in [1.29, 1.82) is 0 Å². The van der Waals surface area contributed by atoms with Gasteiger partial charge in [0.25, 0.3) is 0 Å². The third-order valence-corrected chi connectivity index (χ3v) is 7.80. The van der Waals surface area contributed by atoms with Crippen molar-refractivity contribution >= 4 is 18.0 Å². The van der Waals surface area contributed by atoms with E-state index in [9.17, 15) is 19.5 Å². The Balaban J connectivity index is 1.29. The number of alkyl carbamates (subject to hydrolysis) is 1. The summed E-state index contributed by atoms with van der Waals surface area (Å²) in [7, 11) is 0. The first-order chi connectivity index (χ1) is 16.8.